The molecule has 6 heteroatoms. The Bertz CT molecular complexity index is 852. The van der Waals surface area contributed by atoms with E-state index in [-0.39, 0.29) is 0 Å². The number of carboxylic acid groups (broad SMARTS) is 1. The molecule has 6 nitrogen and oxygen atoms in total. The molecule has 1 aliphatic heterocycles. The fourth-order valence-corrected chi connectivity index (χ4v) is 3.69. The Balaban J connectivity index is 1.40. The van der Waals surface area contributed by atoms with Crippen molar-refractivity contribution in [1.82, 2.24) is 19.8 Å². The van der Waals surface area contributed by atoms with Crippen LogP contribution in [0.15, 0.2) is 54.9 Å². The third-order valence-electron chi connectivity index (χ3n) is 4.99. The van der Waals surface area contributed by atoms with E-state index in [1.807, 2.05) is 23.1 Å². The molecule has 4 rings (SSSR count). The molecule has 1 aromatic carbocycles. The number of aromatic amines is 1. The monoisotopic (exact) mass is 350 g/mol. The largest absolute Gasteiger partial charge is 0.480 e. The fraction of sp³-hybridized carbons (Fsp3) is 0.300. The molecule has 1 saturated heterocycles. The molecule has 134 valence electrons. The molecular formula is C20H22N4O2. The predicted molar refractivity (Wildman–Crippen MR) is 99.8 cm³/mol. The number of aliphatic carboxylic acids is 1. The summed E-state index contributed by atoms with van der Waals surface area (Å²) >= 11 is 0. The van der Waals surface area contributed by atoms with Gasteiger partial charge in [0.2, 0.25) is 0 Å². The van der Waals surface area contributed by atoms with E-state index in [2.05, 4.69) is 33.1 Å². The highest BCUT2D eigenvalue weighted by atomic mass is 16.4. The van der Waals surface area contributed by atoms with Gasteiger partial charge in [-0.2, -0.15) is 0 Å². The number of para-hydroxylation sites is 1. The number of H-pyrrole nitrogens is 1. The molecule has 1 aliphatic rings. The minimum Gasteiger partial charge on any atom is -0.480 e. The first-order valence-electron chi connectivity index (χ1n) is 8.86. The summed E-state index contributed by atoms with van der Waals surface area (Å²) in [4.78, 5) is 23.7. The number of hydrogen-bond donors (Lipinski definition) is 2. The maximum atomic E-state index is 11.8. The average Bonchev–Trinajstić information content (AvgIpc) is 3.06. The van der Waals surface area contributed by atoms with Crippen molar-refractivity contribution in [3.8, 4) is 0 Å². The molecule has 2 aromatic heterocycles. The van der Waals surface area contributed by atoms with Gasteiger partial charge in [-0.1, -0.05) is 24.3 Å². The second-order valence-corrected chi connectivity index (χ2v) is 6.72. The number of piperazine rings is 1. The number of benzene rings is 1. The maximum Gasteiger partial charge on any atom is 0.325 e. The maximum absolute atomic E-state index is 11.8. The predicted octanol–water partition coefficient (Wildman–Crippen LogP) is 2.51. The van der Waals surface area contributed by atoms with Gasteiger partial charge in [-0.05, 0) is 29.1 Å². The van der Waals surface area contributed by atoms with E-state index in [0.29, 0.717) is 0 Å². The zero-order valence-corrected chi connectivity index (χ0v) is 14.5. The zero-order valence-electron chi connectivity index (χ0n) is 14.5. The second-order valence-electron chi connectivity index (χ2n) is 6.72. The summed E-state index contributed by atoms with van der Waals surface area (Å²) in [6.45, 7) is 4.00. The summed E-state index contributed by atoms with van der Waals surface area (Å²) in [7, 11) is 0. The van der Waals surface area contributed by atoms with Crippen molar-refractivity contribution in [2.45, 2.75) is 12.6 Å². The highest BCUT2D eigenvalue weighted by Gasteiger charge is 2.30. The van der Waals surface area contributed by atoms with Crippen LogP contribution in [0.25, 0.3) is 10.9 Å². The summed E-state index contributed by atoms with van der Waals surface area (Å²) in [5, 5.41) is 10.9. The lowest BCUT2D eigenvalue weighted by molar-refractivity contribution is -0.144. The molecule has 3 heterocycles. The van der Waals surface area contributed by atoms with Crippen LogP contribution in [-0.2, 0) is 11.3 Å². The third-order valence-corrected chi connectivity index (χ3v) is 4.99. The summed E-state index contributed by atoms with van der Waals surface area (Å²) in [5.74, 6) is -0.818. The van der Waals surface area contributed by atoms with E-state index < -0.39 is 12.0 Å². The van der Waals surface area contributed by atoms with E-state index in [1.54, 1.807) is 18.5 Å². The van der Waals surface area contributed by atoms with Gasteiger partial charge in [0.05, 0.1) is 0 Å². The number of fused-ring (bicyclic) bond motifs is 1. The summed E-state index contributed by atoms with van der Waals surface area (Å²) in [6.07, 6.45) is 3.32. The lowest BCUT2D eigenvalue weighted by Crippen LogP contribution is -2.48. The lowest BCUT2D eigenvalue weighted by Gasteiger charge is -2.37. The molecule has 0 spiro atoms. The SMILES string of the molecule is O=C(O)C(c1cccnc1)N1CCN(Cc2cc3ccccc3[nH]2)CC1. The Kier molecular flexibility index (Phi) is 4.69. The normalized spacial score (nSPS) is 17.4. The van der Waals surface area contributed by atoms with E-state index in [9.17, 15) is 9.90 Å². The molecule has 2 N–H and O–H groups in total. The molecule has 0 bridgehead atoms. The Morgan fingerprint density at radius 1 is 1.15 bits per heavy atom. The highest BCUT2D eigenvalue weighted by Crippen LogP contribution is 2.23. The van der Waals surface area contributed by atoms with Gasteiger partial charge in [0.1, 0.15) is 6.04 Å². The summed E-state index contributed by atoms with van der Waals surface area (Å²) in [6, 6.07) is 13.5. The van der Waals surface area contributed by atoms with Crippen LogP contribution in [0.1, 0.15) is 17.3 Å². The number of nitrogens with zero attached hydrogens (tertiary/aromatic N) is 3. The number of hydrogen-bond acceptors (Lipinski definition) is 4. The van der Waals surface area contributed by atoms with Crippen molar-refractivity contribution >= 4 is 16.9 Å². The molecule has 26 heavy (non-hydrogen) atoms. The molecule has 3 aromatic rings. The van der Waals surface area contributed by atoms with Crippen molar-refractivity contribution in [3.05, 3.63) is 66.1 Å². The van der Waals surface area contributed by atoms with Crippen LogP contribution in [-0.4, -0.2) is 57.0 Å². The third kappa shape index (κ3) is 3.47. The van der Waals surface area contributed by atoms with Gasteiger partial charge in [0, 0.05) is 56.3 Å². The topological polar surface area (TPSA) is 72.5 Å². The second kappa shape index (κ2) is 7.27. The van der Waals surface area contributed by atoms with Gasteiger partial charge < -0.3 is 10.1 Å². The van der Waals surface area contributed by atoms with Gasteiger partial charge in [-0.15, -0.1) is 0 Å². The number of carboxylic acids is 1. The van der Waals surface area contributed by atoms with Gasteiger partial charge >= 0.3 is 5.97 Å². The highest BCUT2D eigenvalue weighted by molar-refractivity contribution is 5.80. The van der Waals surface area contributed by atoms with Crippen LogP contribution in [0.3, 0.4) is 0 Å². The molecule has 1 fully saturated rings. The number of nitrogens with one attached hydrogen (secondary N) is 1. The molecule has 0 saturated carbocycles. The zero-order chi connectivity index (χ0) is 17.9. The quantitative estimate of drug-likeness (QED) is 0.740. The molecule has 0 radical (unpaired) electrons. The van der Waals surface area contributed by atoms with Crippen LogP contribution < -0.4 is 0 Å². The van der Waals surface area contributed by atoms with E-state index in [1.165, 1.54) is 11.1 Å². The first-order chi connectivity index (χ1) is 12.7. The van der Waals surface area contributed by atoms with Crippen LogP contribution in [0, 0.1) is 0 Å². The fourth-order valence-electron chi connectivity index (χ4n) is 3.69. The minimum absolute atomic E-state index is 0.626. The van der Waals surface area contributed by atoms with Crippen LogP contribution in [0.4, 0.5) is 0 Å². The number of pyridine rings is 1. The van der Waals surface area contributed by atoms with Crippen molar-refractivity contribution < 1.29 is 9.90 Å². The van der Waals surface area contributed by atoms with Crippen molar-refractivity contribution in [1.29, 1.82) is 0 Å². The van der Waals surface area contributed by atoms with E-state index in [0.717, 1.165) is 43.8 Å². The van der Waals surface area contributed by atoms with Gasteiger partial charge in [-0.3, -0.25) is 19.6 Å². The summed E-state index contributed by atoms with van der Waals surface area (Å²) in [5.41, 5.74) is 3.09. The molecule has 1 atom stereocenters. The Morgan fingerprint density at radius 3 is 2.65 bits per heavy atom. The standard InChI is InChI=1S/C20H22N4O2/c25-20(26)19(16-5-3-7-21-13-16)24-10-8-23(9-11-24)14-17-12-15-4-1-2-6-18(15)22-17/h1-7,12-13,19,22H,8-11,14H2,(H,25,26). The Hall–Kier alpha value is -2.70. The first kappa shape index (κ1) is 16.8. The molecule has 0 amide bonds. The molecule has 1 unspecified atom stereocenters. The Morgan fingerprint density at radius 2 is 1.96 bits per heavy atom. The average molecular weight is 350 g/mol. The van der Waals surface area contributed by atoms with Gasteiger partial charge in [0.15, 0.2) is 0 Å². The number of rotatable bonds is 5. The minimum atomic E-state index is -0.818. The van der Waals surface area contributed by atoms with Crippen LogP contribution in [0.5, 0.6) is 0 Å². The van der Waals surface area contributed by atoms with Crippen molar-refractivity contribution in [2.24, 2.45) is 0 Å². The molecule has 0 aliphatic carbocycles. The smallest absolute Gasteiger partial charge is 0.325 e. The van der Waals surface area contributed by atoms with Gasteiger partial charge in [-0.25, -0.2) is 0 Å². The number of carbonyl (C=O) groups is 1. The van der Waals surface area contributed by atoms with Crippen molar-refractivity contribution in [2.75, 3.05) is 26.2 Å². The summed E-state index contributed by atoms with van der Waals surface area (Å²) < 4.78 is 0. The van der Waals surface area contributed by atoms with Crippen molar-refractivity contribution in [3.63, 3.8) is 0 Å². The van der Waals surface area contributed by atoms with Gasteiger partial charge in [0.25, 0.3) is 0 Å². The van der Waals surface area contributed by atoms with E-state index >= 15 is 0 Å². The van der Waals surface area contributed by atoms with Crippen LogP contribution >= 0.6 is 0 Å². The van der Waals surface area contributed by atoms with E-state index in [4.69, 9.17) is 0 Å². The Labute approximate surface area is 152 Å². The first-order valence-corrected chi connectivity index (χ1v) is 8.86. The molecular weight excluding hydrogens is 328 g/mol. The van der Waals surface area contributed by atoms with Crippen LogP contribution in [0.2, 0.25) is 0 Å². The lowest BCUT2D eigenvalue weighted by atomic mass is 10.1. The number of aromatic nitrogens is 2.